The van der Waals surface area contributed by atoms with Gasteiger partial charge in [0.25, 0.3) is 0 Å². The number of likely N-dealkylation sites (tertiary alicyclic amines) is 1. The van der Waals surface area contributed by atoms with Crippen LogP contribution in [0.4, 0.5) is 5.69 Å². The van der Waals surface area contributed by atoms with Crippen molar-refractivity contribution in [1.29, 1.82) is 0 Å². The number of aromatic carboxylic acids is 1. The number of benzene rings is 2. The number of aromatic nitrogens is 1. The number of hydrogen-bond donors (Lipinski definition) is 1. The maximum Gasteiger partial charge on any atom is 0.335 e. The van der Waals surface area contributed by atoms with Crippen LogP contribution in [-0.4, -0.2) is 52.6 Å². The Bertz CT molecular complexity index is 1350. The van der Waals surface area contributed by atoms with Crippen molar-refractivity contribution < 1.29 is 14.7 Å². The van der Waals surface area contributed by atoms with Crippen molar-refractivity contribution in [2.75, 3.05) is 31.1 Å². The molecule has 38 heavy (non-hydrogen) atoms. The molecule has 3 aromatic rings. The number of nitrogens with zero attached hydrogens (tertiary/aromatic N) is 3. The molecule has 6 rings (SSSR count). The van der Waals surface area contributed by atoms with E-state index in [4.69, 9.17) is 0 Å². The predicted molar refractivity (Wildman–Crippen MR) is 152 cm³/mol. The van der Waals surface area contributed by atoms with Crippen LogP contribution < -0.4 is 4.90 Å². The molecule has 0 spiro atoms. The average Bonchev–Trinajstić information content (AvgIpc) is 3.17. The molecule has 2 fully saturated rings. The van der Waals surface area contributed by atoms with E-state index in [9.17, 15) is 14.7 Å². The number of piperidine rings is 1. The first-order valence-electron chi connectivity index (χ1n) is 14.5. The van der Waals surface area contributed by atoms with Gasteiger partial charge in [0.1, 0.15) is 0 Å². The van der Waals surface area contributed by atoms with E-state index < -0.39 is 5.97 Å². The smallest absolute Gasteiger partial charge is 0.335 e. The summed E-state index contributed by atoms with van der Waals surface area (Å²) in [6.45, 7) is 6.19. The average molecular weight is 514 g/mol. The molecule has 1 amide bonds. The first-order chi connectivity index (χ1) is 18.5. The first kappa shape index (κ1) is 25.0. The molecule has 200 valence electrons. The zero-order valence-electron chi connectivity index (χ0n) is 22.5. The van der Waals surface area contributed by atoms with Gasteiger partial charge < -0.3 is 19.5 Å². The number of para-hydroxylation sites is 1. The lowest BCUT2D eigenvalue weighted by Crippen LogP contribution is -2.38. The maximum absolute atomic E-state index is 11.9. The standard InChI is InChI=1S/C32H39N3O3/c1-22(36)33-16-13-23(14-17-33)15-18-34-19-20-35-29-21-25(32(37)38)11-12-26(29)30(24-7-3-2-4-8-24)31(35)27-9-5-6-10-28(27)34/h5-6,9-12,21,23-24H,2-4,7-8,13-20H2,1H3,(H,37,38). The molecular weight excluding hydrogens is 474 g/mol. The SMILES string of the molecule is CC(=O)N1CCC(CCN2CCn3c(c(C4CCCCC4)c4ccc(C(=O)O)cc43)-c3ccccc32)CC1. The Labute approximate surface area is 225 Å². The molecule has 1 saturated carbocycles. The van der Waals surface area contributed by atoms with Crippen LogP contribution in [0, 0.1) is 5.92 Å². The van der Waals surface area contributed by atoms with E-state index in [1.165, 1.54) is 60.0 Å². The summed E-state index contributed by atoms with van der Waals surface area (Å²) in [5.74, 6) is 0.493. The van der Waals surface area contributed by atoms with Gasteiger partial charge in [0.05, 0.1) is 11.3 Å². The van der Waals surface area contributed by atoms with E-state index in [1.807, 2.05) is 11.0 Å². The fourth-order valence-electron chi connectivity index (χ4n) is 7.23. The van der Waals surface area contributed by atoms with Gasteiger partial charge in [-0.3, -0.25) is 4.79 Å². The molecule has 0 radical (unpaired) electrons. The lowest BCUT2D eigenvalue weighted by molar-refractivity contribution is -0.130. The van der Waals surface area contributed by atoms with Crippen LogP contribution >= 0.6 is 0 Å². The predicted octanol–water partition coefficient (Wildman–Crippen LogP) is 6.52. The Morgan fingerprint density at radius 3 is 2.42 bits per heavy atom. The van der Waals surface area contributed by atoms with Crippen LogP contribution in [0.1, 0.15) is 80.1 Å². The summed E-state index contributed by atoms with van der Waals surface area (Å²) in [6.07, 6.45) is 9.56. The second-order valence-corrected chi connectivity index (χ2v) is 11.5. The van der Waals surface area contributed by atoms with Crippen LogP contribution in [0.5, 0.6) is 0 Å². The number of carbonyl (C=O) groups excluding carboxylic acids is 1. The molecule has 0 atom stereocenters. The quantitative estimate of drug-likeness (QED) is 0.422. The van der Waals surface area contributed by atoms with Gasteiger partial charge >= 0.3 is 5.97 Å². The van der Waals surface area contributed by atoms with Crippen LogP contribution in [0.15, 0.2) is 42.5 Å². The minimum absolute atomic E-state index is 0.193. The lowest BCUT2D eigenvalue weighted by atomic mass is 9.81. The largest absolute Gasteiger partial charge is 0.478 e. The van der Waals surface area contributed by atoms with Gasteiger partial charge in [-0.2, -0.15) is 0 Å². The van der Waals surface area contributed by atoms with E-state index in [-0.39, 0.29) is 5.91 Å². The van der Waals surface area contributed by atoms with Crippen molar-refractivity contribution in [2.24, 2.45) is 5.92 Å². The molecule has 6 nitrogen and oxygen atoms in total. The van der Waals surface area contributed by atoms with Gasteiger partial charge in [0.2, 0.25) is 5.91 Å². The fourth-order valence-corrected chi connectivity index (χ4v) is 7.23. The van der Waals surface area contributed by atoms with Crippen LogP contribution in [0.25, 0.3) is 22.2 Å². The first-order valence-corrected chi connectivity index (χ1v) is 14.5. The number of amides is 1. The van der Waals surface area contributed by atoms with E-state index in [1.54, 1.807) is 13.0 Å². The third-order valence-electron chi connectivity index (χ3n) is 9.32. The number of anilines is 1. The Kier molecular flexibility index (Phi) is 6.89. The summed E-state index contributed by atoms with van der Waals surface area (Å²) in [7, 11) is 0. The van der Waals surface area contributed by atoms with Gasteiger partial charge in [-0.1, -0.05) is 43.5 Å². The van der Waals surface area contributed by atoms with Crippen molar-refractivity contribution in [2.45, 2.75) is 70.8 Å². The molecule has 1 aliphatic carbocycles. The highest BCUT2D eigenvalue weighted by Crippen LogP contribution is 2.47. The fraction of sp³-hybridized carbons (Fsp3) is 0.500. The van der Waals surface area contributed by atoms with Crippen LogP contribution in [0.2, 0.25) is 0 Å². The van der Waals surface area contributed by atoms with Crippen molar-refractivity contribution in [3.63, 3.8) is 0 Å². The van der Waals surface area contributed by atoms with E-state index in [0.717, 1.165) is 57.5 Å². The Hall–Kier alpha value is -3.28. The van der Waals surface area contributed by atoms with Crippen LogP contribution in [0.3, 0.4) is 0 Å². The molecule has 2 aromatic carbocycles. The summed E-state index contributed by atoms with van der Waals surface area (Å²) >= 11 is 0. The summed E-state index contributed by atoms with van der Waals surface area (Å²) in [4.78, 5) is 28.2. The van der Waals surface area contributed by atoms with Gasteiger partial charge in [0.15, 0.2) is 0 Å². The van der Waals surface area contributed by atoms with Gasteiger partial charge in [0, 0.05) is 61.8 Å². The highest BCUT2D eigenvalue weighted by atomic mass is 16.4. The highest BCUT2D eigenvalue weighted by Gasteiger charge is 2.31. The van der Waals surface area contributed by atoms with Crippen LogP contribution in [-0.2, 0) is 11.3 Å². The summed E-state index contributed by atoms with van der Waals surface area (Å²) in [6, 6.07) is 14.6. The number of fused-ring (bicyclic) bond motifs is 5. The maximum atomic E-state index is 11.9. The summed E-state index contributed by atoms with van der Waals surface area (Å²) in [5.41, 5.74) is 6.74. The Morgan fingerprint density at radius 2 is 1.68 bits per heavy atom. The molecule has 2 aliphatic heterocycles. The van der Waals surface area contributed by atoms with Crippen molar-refractivity contribution >= 4 is 28.5 Å². The van der Waals surface area contributed by atoms with Crippen molar-refractivity contribution in [1.82, 2.24) is 9.47 Å². The minimum Gasteiger partial charge on any atom is -0.478 e. The topological polar surface area (TPSA) is 65.8 Å². The van der Waals surface area contributed by atoms with E-state index in [2.05, 4.69) is 39.8 Å². The molecule has 3 heterocycles. The third-order valence-corrected chi connectivity index (χ3v) is 9.32. The zero-order valence-corrected chi connectivity index (χ0v) is 22.5. The number of carboxylic acids is 1. The van der Waals surface area contributed by atoms with Crippen molar-refractivity contribution in [3.05, 3.63) is 53.6 Å². The minimum atomic E-state index is -0.867. The number of hydrogen-bond acceptors (Lipinski definition) is 3. The van der Waals surface area contributed by atoms with Gasteiger partial charge in [-0.05, 0) is 67.7 Å². The Balaban J connectivity index is 1.37. The molecule has 1 N–H and O–H groups in total. The zero-order chi connectivity index (χ0) is 26.2. The second-order valence-electron chi connectivity index (χ2n) is 11.5. The molecule has 6 heteroatoms. The summed E-state index contributed by atoms with van der Waals surface area (Å²) < 4.78 is 2.43. The number of rotatable bonds is 5. The van der Waals surface area contributed by atoms with Gasteiger partial charge in [-0.25, -0.2) is 4.79 Å². The number of carboxylic acid groups (broad SMARTS) is 1. The normalized spacial score (nSPS) is 18.8. The molecular formula is C32H39N3O3. The summed E-state index contributed by atoms with van der Waals surface area (Å²) in [5, 5.41) is 11.0. The third kappa shape index (κ3) is 4.59. The van der Waals surface area contributed by atoms with Gasteiger partial charge in [-0.15, -0.1) is 0 Å². The Morgan fingerprint density at radius 1 is 0.921 bits per heavy atom. The molecule has 1 aromatic heterocycles. The highest BCUT2D eigenvalue weighted by molar-refractivity contribution is 5.99. The van der Waals surface area contributed by atoms with E-state index >= 15 is 0 Å². The molecule has 0 unspecified atom stereocenters. The monoisotopic (exact) mass is 513 g/mol. The number of carbonyl (C=O) groups is 2. The lowest BCUT2D eigenvalue weighted by Gasteiger charge is -2.33. The molecule has 0 bridgehead atoms. The van der Waals surface area contributed by atoms with Crippen molar-refractivity contribution in [3.8, 4) is 11.3 Å². The second kappa shape index (κ2) is 10.5. The van der Waals surface area contributed by atoms with E-state index in [0.29, 0.717) is 17.4 Å². The molecule has 1 saturated heterocycles. The molecule has 3 aliphatic rings.